The second kappa shape index (κ2) is 5.93. The number of hydrogen-bond donors (Lipinski definition) is 2. The van der Waals surface area contributed by atoms with Gasteiger partial charge >= 0.3 is 12.1 Å². The number of carboxylic acids is 1. The third-order valence-corrected chi connectivity index (χ3v) is 3.37. The van der Waals surface area contributed by atoms with Gasteiger partial charge < -0.3 is 14.7 Å². The summed E-state index contributed by atoms with van der Waals surface area (Å²) in [5, 5.41) is 22.5. The number of aromatic nitrogens is 2. The Kier molecular flexibility index (Phi) is 3.91. The summed E-state index contributed by atoms with van der Waals surface area (Å²) >= 11 is 0. The van der Waals surface area contributed by atoms with Crippen LogP contribution in [0.5, 0.6) is 5.75 Å². The maximum Gasteiger partial charge on any atom is 0.416 e. The first-order valence-corrected chi connectivity index (χ1v) is 6.84. The van der Waals surface area contributed by atoms with Crippen LogP contribution in [0.1, 0.15) is 15.9 Å². The van der Waals surface area contributed by atoms with Crippen molar-refractivity contribution in [3.05, 3.63) is 53.6 Å². The van der Waals surface area contributed by atoms with E-state index in [0.717, 1.165) is 12.1 Å². The molecule has 6 nitrogen and oxygen atoms in total. The summed E-state index contributed by atoms with van der Waals surface area (Å²) < 4.78 is 42.7. The normalized spacial score (nSPS) is 11.5. The summed E-state index contributed by atoms with van der Waals surface area (Å²) in [6, 6.07) is 7.65. The zero-order chi connectivity index (χ0) is 18.2. The molecule has 0 atom stereocenters. The SMILES string of the molecule is O=C(O)c1ccc(O)c(-c2noc(-c3ccc(C(F)(F)F)cc3)n2)c1. The van der Waals surface area contributed by atoms with Gasteiger partial charge in [0, 0.05) is 5.56 Å². The number of nitrogens with zero attached hydrogens (tertiary/aromatic N) is 2. The lowest BCUT2D eigenvalue weighted by Gasteiger charge is -2.05. The molecule has 9 heteroatoms. The average Bonchev–Trinajstić information content (AvgIpc) is 3.04. The lowest BCUT2D eigenvalue weighted by molar-refractivity contribution is -0.137. The molecule has 3 aromatic rings. The maximum atomic E-state index is 12.6. The second-order valence-electron chi connectivity index (χ2n) is 5.04. The van der Waals surface area contributed by atoms with Gasteiger partial charge in [-0.2, -0.15) is 18.2 Å². The number of carbonyl (C=O) groups is 1. The topological polar surface area (TPSA) is 96.5 Å². The summed E-state index contributed by atoms with van der Waals surface area (Å²) in [6.45, 7) is 0. The van der Waals surface area contributed by atoms with E-state index in [0.29, 0.717) is 0 Å². The van der Waals surface area contributed by atoms with E-state index in [1.807, 2.05) is 0 Å². The van der Waals surface area contributed by atoms with Crippen LogP contribution in [0.25, 0.3) is 22.8 Å². The summed E-state index contributed by atoms with van der Waals surface area (Å²) in [5.41, 5.74) is -0.626. The highest BCUT2D eigenvalue weighted by Gasteiger charge is 2.30. The van der Waals surface area contributed by atoms with Gasteiger partial charge in [-0.05, 0) is 42.5 Å². The molecule has 0 aliphatic rings. The molecule has 0 bridgehead atoms. The van der Waals surface area contributed by atoms with Crippen LogP contribution in [0.3, 0.4) is 0 Å². The molecule has 128 valence electrons. The molecule has 0 amide bonds. The average molecular weight is 350 g/mol. The zero-order valence-electron chi connectivity index (χ0n) is 12.3. The molecule has 0 fully saturated rings. The van der Waals surface area contributed by atoms with Gasteiger partial charge in [0.25, 0.3) is 5.89 Å². The van der Waals surface area contributed by atoms with Gasteiger partial charge in [-0.1, -0.05) is 5.16 Å². The summed E-state index contributed by atoms with van der Waals surface area (Å²) in [7, 11) is 0. The van der Waals surface area contributed by atoms with E-state index in [9.17, 15) is 23.1 Å². The maximum absolute atomic E-state index is 12.6. The van der Waals surface area contributed by atoms with Crippen LogP contribution in [0.4, 0.5) is 13.2 Å². The number of alkyl halides is 3. The Balaban J connectivity index is 1.96. The molecule has 1 aromatic heterocycles. The first-order valence-electron chi connectivity index (χ1n) is 6.84. The van der Waals surface area contributed by atoms with E-state index in [-0.39, 0.29) is 34.2 Å². The molecule has 0 unspecified atom stereocenters. The molecule has 2 aromatic carbocycles. The summed E-state index contributed by atoms with van der Waals surface area (Å²) in [6.07, 6.45) is -4.46. The summed E-state index contributed by atoms with van der Waals surface area (Å²) in [5.74, 6) is -1.61. The quantitative estimate of drug-likeness (QED) is 0.745. The molecule has 0 aliphatic heterocycles. The van der Waals surface area contributed by atoms with Crippen LogP contribution in [-0.2, 0) is 6.18 Å². The van der Waals surface area contributed by atoms with Crippen molar-refractivity contribution in [2.24, 2.45) is 0 Å². The third-order valence-electron chi connectivity index (χ3n) is 3.37. The van der Waals surface area contributed by atoms with Gasteiger partial charge in [0.05, 0.1) is 16.7 Å². The highest BCUT2D eigenvalue weighted by Crippen LogP contribution is 2.32. The van der Waals surface area contributed by atoms with Crippen LogP contribution < -0.4 is 0 Å². The Morgan fingerprint density at radius 1 is 1.08 bits per heavy atom. The summed E-state index contributed by atoms with van der Waals surface area (Å²) in [4.78, 5) is 15.0. The fraction of sp³-hybridized carbons (Fsp3) is 0.0625. The minimum absolute atomic E-state index is 0.0295. The van der Waals surface area contributed by atoms with E-state index >= 15 is 0 Å². The Hall–Kier alpha value is -3.36. The fourth-order valence-electron chi connectivity index (χ4n) is 2.10. The van der Waals surface area contributed by atoms with Crippen LogP contribution in [0, 0.1) is 0 Å². The van der Waals surface area contributed by atoms with Crippen molar-refractivity contribution in [3.63, 3.8) is 0 Å². The smallest absolute Gasteiger partial charge is 0.416 e. The van der Waals surface area contributed by atoms with Crippen molar-refractivity contribution in [2.75, 3.05) is 0 Å². The van der Waals surface area contributed by atoms with Crippen LogP contribution in [0.2, 0.25) is 0 Å². The lowest BCUT2D eigenvalue weighted by atomic mass is 10.1. The number of halogens is 3. The third kappa shape index (κ3) is 3.30. The minimum Gasteiger partial charge on any atom is -0.507 e. The molecule has 1 heterocycles. The van der Waals surface area contributed by atoms with Crippen LogP contribution in [-0.4, -0.2) is 26.3 Å². The predicted octanol–water partition coefficient (Wildman–Crippen LogP) is 3.83. The van der Waals surface area contributed by atoms with Gasteiger partial charge in [0.15, 0.2) is 0 Å². The molecule has 3 rings (SSSR count). The van der Waals surface area contributed by atoms with E-state index in [1.54, 1.807) is 0 Å². The second-order valence-corrected chi connectivity index (χ2v) is 5.04. The van der Waals surface area contributed by atoms with Crippen molar-refractivity contribution < 1.29 is 32.7 Å². The van der Waals surface area contributed by atoms with Crippen molar-refractivity contribution in [1.29, 1.82) is 0 Å². The highest BCUT2D eigenvalue weighted by molar-refractivity contribution is 5.90. The highest BCUT2D eigenvalue weighted by atomic mass is 19.4. The van der Waals surface area contributed by atoms with E-state index in [2.05, 4.69) is 10.1 Å². The Labute approximate surface area is 138 Å². The molecule has 0 radical (unpaired) electrons. The molecule has 25 heavy (non-hydrogen) atoms. The molecule has 2 N–H and O–H groups in total. The number of aromatic carboxylic acids is 1. The largest absolute Gasteiger partial charge is 0.507 e. The predicted molar refractivity (Wildman–Crippen MR) is 78.8 cm³/mol. The van der Waals surface area contributed by atoms with E-state index in [4.69, 9.17) is 9.63 Å². The molecule has 0 aliphatic carbocycles. The minimum atomic E-state index is -4.46. The number of hydrogen-bond acceptors (Lipinski definition) is 5. The monoisotopic (exact) mass is 350 g/mol. The van der Waals surface area contributed by atoms with Crippen LogP contribution >= 0.6 is 0 Å². The number of phenolic OH excluding ortho intramolecular Hbond substituents is 1. The molecular formula is C16H9F3N2O4. The Morgan fingerprint density at radius 3 is 2.36 bits per heavy atom. The molecular weight excluding hydrogens is 341 g/mol. The number of carboxylic acid groups (broad SMARTS) is 1. The number of phenols is 1. The van der Waals surface area contributed by atoms with Crippen LogP contribution in [0.15, 0.2) is 47.0 Å². The van der Waals surface area contributed by atoms with Gasteiger partial charge in [-0.15, -0.1) is 0 Å². The number of rotatable bonds is 3. The van der Waals surface area contributed by atoms with Crippen molar-refractivity contribution in [1.82, 2.24) is 10.1 Å². The fourth-order valence-corrected chi connectivity index (χ4v) is 2.10. The van der Waals surface area contributed by atoms with Gasteiger partial charge in [0.1, 0.15) is 5.75 Å². The van der Waals surface area contributed by atoms with Gasteiger partial charge in [0.2, 0.25) is 5.82 Å². The van der Waals surface area contributed by atoms with Crippen molar-refractivity contribution in [2.45, 2.75) is 6.18 Å². The van der Waals surface area contributed by atoms with Gasteiger partial charge in [-0.3, -0.25) is 0 Å². The zero-order valence-corrected chi connectivity index (χ0v) is 12.3. The standard InChI is InChI=1S/C16H9F3N2O4/c17-16(18,19)10-4-1-8(2-5-10)14-20-13(21-25-14)11-7-9(15(23)24)3-6-12(11)22/h1-7,22H,(H,23,24). The van der Waals surface area contributed by atoms with E-state index < -0.39 is 17.7 Å². The first-order chi connectivity index (χ1) is 11.8. The molecule has 0 spiro atoms. The number of aromatic hydroxyl groups is 1. The number of benzene rings is 2. The Bertz CT molecular complexity index is 933. The van der Waals surface area contributed by atoms with E-state index in [1.165, 1.54) is 30.3 Å². The lowest BCUT2D eigenvalue weighted by Crippen LogP contribution is -2.03. The molecule has 0 saturated carbocycles. The first kappa shape index (κ1) is 16.5. The van der Waals surface area contributed by atoms with Crippen molar-refractivity contribution >= 4 is 5.97 Å². The molecule has 0 saturated heterocycles. The van der Waals surface area contributed by atoms with Gasteiger partial charge in [-0.25, -0.2) is 4.79 Å². The van der Waals surface area contributed by atoms with Crippen molar-refractivity contribution in [3.8, 4) is 28.6 Å². The Morgan fingerprint density at radius 2 is 1.76 bits per heavy atom.